The van der Waals surface area contributed by atoms with Crippen molar-refractivity contribution < 1.29 is 9.21 Å². The number of urea groups is 1. The first kappa shape index (κ1) is 13.7. The second kappa shape index (κ2) is 5.64. The third-order valence-electron chi connectivity index (χ3n) is 3.80. The Hall–Kier alpha value is -2.23. The van der Waals surface area contributed by atoms with Gasteiger partial charge < -0.3 is 14.6 Å². The first-order valence-corrected chi connectivity index (χ1v) is 7.42. The summed E-state index contributed by atoms with van der Waals surface area (Å²) in [5.74, 6) is 0.875. The number of nitrogens with one attached hydrogen (secondary N) is 1. The molecule has 1 unspecified atom stereocenters. The van der Waals surface area contributed by atoms with Crippen LogP contribution < -0.4 is 5.32 Å². The van der Waals surface area contributed by atoms with Gasteiger partial charge in [-0.1, -0.05) is 25.5 Å². The molecule has 2 heterocycles. The van der Waals surface area contributed by atoms with E-state index in [0.29, 0.717) is 6.54 Å². The molecule has 4 heteroatoms. The predicted octanol–water partition coefficient (Wildman–Crippen LogP) is 4.31. The quantitative estimate of drug-likeness (QED) is 0.853. The van der Waals surface area contributed by atoms with Crippen LogP contribution in [-0.2, 0) is 0 Å². The third kappa shape index (κ3) is 2.79. The smallest absolute Gasteiger partial charge is 0.322 e. The fourth-order valence-corrected chi connectivity index (χ4v) is 2.80. The Morgan fingerprint density at radius 1 is 1.43 bits per heavy atom. The number of amides is 2. The van der Waals surface area contributed by atoms with E-state index >= 15 is 0 Å². The largest absolute Gasteiger partial charge is 0.461 e. The number of fused-ring (bicyclic) bond motifs is 1. The van der Waals surface area contributed by atoms with Gasteiger partial charge in [0.2, 0.25) is 0 Å². The van der Waals surface area contributed by atoms with Crippen LogP contribution in [0.1, 0.15) is 25.5 Å². The summed E-state index contributed by atoms with van der Waals surface area (Å²) >= 11 is 0. The van der Waals surface area contributed by atoms with Crippen LogP contribution >= 0.6 is 0 Å². The van der Waals surface area contributed by atoms with Crippen molar-refractivity contribution in [3.8, 4) is 0 Å². The van der Waals surface area contributed by atoms with Gasteiger partial charge in [-0.15, -0.1) is 0 Å². The lowest BCUT2D eigenvalue weighted by atomic mass is 10.2. The molecule has 21 heavy (non-hydrogen) atoms. The van der Waals surface area contributed by atoms with Crippen LogP contribution in [0, 0.1) is 6.92 Å². The van der Waals surface area contributed by atoms with E-state index in [4.69, 9.17) is 4.42 Å². The van der Waals surface area contributed by atoms with Gasteiger partial charge >= 0.3 is 6.03 Å². The predicted molar refractivity (Wildman–Crippen MR) is 84.5 cm³/mol. The maximum absolute atomic E-state index is 12.4. The molecule has 0 radical (unpaired) electrons. The number of anilines is 1. The fraction of sp³-hybridized carbons (Fsp3) is 0.353. The Morgan fingerprint density at radius 2 is 2.29 bits per heavy atom. The highest BCUT2D eigenvalue weighted by Gasteiger charge is 2.23. The van der Waals surface area contributed by atoms with Crippen LogP contribution in [0.5, 0.6) is 0 Å². The van der Waals surface area contributed by atoms with Gasteiger partial charge in [-0.25, -0.2) is 4.79 Å². The minimum atomic E-state index is -0.0435. The number of benzene rings is 1. The molecule has 1 atom stereocenters. The lowest BCUT2D eigenvalue weighted by Gasteiger charge is -2.24. The first-order valence-electron chi connectivity index (χ1n) is 7.42. The molecule has 1 N–H and O–H groups in total. The summed E-state index contributed by atoms with van der Waals surface area (Å²) in [6.45, 7) is 4.74. The third-order valence-corrected chi connectivity index (χ3v) is 3.80. The Balaban J connectivity index is 1.73. The van der Waals surface area contributed by atoms with Gasteiger partial charge in [0.15, 0.2) is 0 Å². The number of rotatable bonds is 3. The van der Waals surface area contributed by atoms with Gasteiger partial charge in [-0.3, -0.25) is 0 Å². The number of aryl methyl sites for hydroxylation is 1. The van der Waals surface area contributed by atoms with Crippen molar-refractivity contribution in [3.63, 3.8) is 0 Å². The van der Waals surface area contributed by atoms with Crippen molar-refractivity contribution in [2.24, 2.45) is 0 Å². The molecule has 1 aromatic heterocycles. The summed E-state index contributed by atoms with van der Waals surface area (Å²) in [6, 6.07) is 7.86. The number of carbonyl (C=O) groups is 1. The molecular weight excluding hydrogens is 264 g/mol. The van der Waals surface area contributed by atoms with Crippen molar-refractivity contribution in [1.82, 2.24) is 4.90 Å². The number of hydrogen-bond donors (Lipinski definition) is 1. The highest BCUT2D eigenvalue weighted by molar-refractivity contribution is 5.93. The average molecular weight is 284 g/mol. The second-order valence-corrected chi connectivity index (χ2v) is 5.48. The van der Waals surface area contributed by atoms with Crippen molar-refractivity contribution in [1.29, 1.82) is 0 Å². The van der Waals surface area contributed by atoms with E-state index in [0.717, 1.165) is 35.3 Å². The summed E-state index contributed by atoms with van der Waals surface area (Å²) in [6.07, 6.45) is 6.25. The van der Waals surface area contributed by atoms with Crippen molar-refractivity contribution in [3.05, 3.63) is 42.2 Å². The van der Waals surface area contributed by atoms with Gasteiger partial charge in [0, 0.05) is 17.6 Å². The maximum atomic E-state index is 12.4. The van der Waals surface area contributed by atoms with Gasteiger partial charge in [0.05, 0.1) is 6.04 Å². The lowest BCUT2D eigenvalue weighted by molar-refractivity contribution is 0.208. The normalized spacial score (nSPS) is 17.6. The van der Waals surface area contributed by atoms with Crippen molar-refractivity contribution >= 4 is 22.7 Å². The zero-order valence-electron chi connectivity index (χ0n) is 12.4. The number of nitrogens with zero attached hydrogens (tertiary/aromatic N) is 1. The highest BCUT2D eigenvalue weighted by Crippen LogP contribution is 2.23. The van der Waals surface area contributed by atoms with Crippen LogP contribution in [0.3, 0.4) is 0 Å². The molecule has 2 amide bonds. The molecule has 110 valence electrons. The average Bonchev–Trinajstić information content (AvgIpc) is 3.04. The Kier molecular flexibility index (Phi) is 3.69. The molecule has 0 spiro atoms. The van der Waals surface area contributed by atoms with Gasteiger partial charge in [-0.2, -0.15) is 0 Å². The van der Waals surface area contributed by atoms with Crippen LogP contribution in [-0.4, -0.2) is 23.5 Å². The van der Waals surface area contributed by atoms with E-state index in [-0.39, 0.29) is 12.1 Å². The first-order chi connectivity index (χ1) is 10.2. The Morgan fingerprint density at radius 3 is 3.10 bits per heavy atom. The molecule has 0 bridgehead atoms. The fourth-order valence-electron chi connectivity index (χ4n) is 2.80. The topological polar surface area (TPSA) is 45.5 Å². The number of carbonyl (C=O) groups excluding carboxylic acids is 1. The van der Waals surface area contributed by atoms with Crippen LogP contribution in [0.15, 0.2) is 40.8 Å². The van der Waals surface area contributed by atoms with Gasteiger partial charge in [-0.05, 0) is 37.6 Å². The highest BCUT2D eigenvalue weighted by atomic mass is 16.3. The summed E-state index contributed by atoms with van der Waals surface area (Å²) in [5.41, 5.74) is 1.65. The van der Waals surface area contributed by atoms with E-state index in [9.17, 15) is 4.79 Å². The molecule has 4 nitrogen and oxygen atoms in total. The van der Waals surface area contributed by atoms with Crippen molar-refractivity contribution in [2.75, 3.05) is 11.9 Å². The summed E-state index contributed by atoms with van der Waals surface area (Å²) in [4.78, 5) is 14.3. The number of hydrogen-bond acceptors (Lipinski definition) is 2. The molecule has 0 aliphatic carbocycles. The summed E-state index contributed by atoms with van der Waals surface area (Å²) in [5, 5.41) is 3.99. The molecular formula is C17H20N2O2. The van der Waals surface area contributed by atoms with Crippen molar-refractivity contribution in [2.45, 2.75) is 32.7 Å². The molecule has 1 aromatic carbocycles. The lowest BCUT2D eigenvalue weighted by Crippen LogP contribution is -2.39. The molecule has 0 saturated heterocycles. The second-order valence-electron chi connectivity index (χ2n) is 5.48. The van der Waals surface area contributed by atoms with E-state index in [1.54, 1.807) is 0 Å². The van der Waals surface area contributed by atoms with E-state index in [1.165, 1.54) is 0 Å². The van der Waals surface area contributed by atoms with E-state index in [1.807, 2.05) is 36.1 Å². The van der Waals surface area contributed by atoms with E-state index < -0.39 is 0 Å². The van der Waals surface area contributed by atoms with Crippen LogP contribution in [0.25, 0.3) is 11.0 Å². The summed E-state index contributed by atoms with van der Waals surface area (Å²) in [7, 11) is 0. The van der Waals surface area contributed by atoms with Crippen LogP contribution in [0.2, 0.25) is 0 Å². The molecule has 1 aliphatic rings. The minimum Gasteiger partial charge on any atom is -0.461 e. The van der Waals surface area contributed by atoms with Gasteiger partial charge in [0.25, 0.3) is 0 Å². The monoisotopic (exact) mass is 284 g/mol. The standard InChI is InChI=1S/C17H20N2O2/c1-3-5-15-6-4-9-19(15)17(20)18-14-7-8-16-13(11-14)10-12(2)21-16/h4,6-8,10-11,15H,3,5,9H2,1-2H3,(H,18,20). The Bertz CT molecular complexity index is 687. The minimum absolute atomic E-state index is 0.0435. The molecule has 0 saturated carbocycles. The molecule has 3 rings (SSSR count). The van der Waals surface area contributed by atoms with E-state index in [2.05, 4.69) is 24.4 Å². The zero-order valence-corrected chi connectivity index (χ0v) is 12.4. The number of furan rings is 1. The SMILES string of the molecule is CCCC1C=CCN1C(=O)Nc1ccc2oc(C)cc2c1. The molecule has 0 fully saturated rings. The zero-order chi connectivity index (χ0) is 14.8. The van der Waals surface area contributed by atoms with Crippen LogP contribution in [0.4, 0.5) is 10.5 Å². The molecule has 1 aliphatic heterocycles. The Labute approximate surface area is 124 Å². The van der Waals surface area contributed by atoms with Gasteiger partial charge in [0.1, 0.15) is 11.3 Å². The molecule has 2 aromatic rings. The summed E-state index contributed by atoms with van der Waals surface area (Å²) < 4.78 is 5.54. The maximum Gasteiger partial charge on any atom is 0.322 e.